The van der Waals surface area contributed by atoms with Crippen molar-refractivity contribution in [3.8, 4) is 6.01 Å². The fourth-order valence-corrected chi connectivity index (χ4v) is 1.79. The van der Waals surface area contributed by atoms with E-state index in [2.05, 4.69) is 25.6 Å². The highest BCUT2D eigenvalue weighted by Gasteiger charge is 2.19. The Morgan fingerprint density at radius 3 is 3.00 bits per heavy atom. The highest BCUT2D eigenvalue weighted by atomic mass is 16.5. The number of carbonyl (C=O) groups excluding carboxylic acids is 1. The molecular weight excluding hydrogens is 248 g/mol. The minimum absolute atomic E-state index is 0.0260. The Labute approximate surface area is 111 Å². The lowest BCUT2D eigenvalue weighted by Crippen LogP contribution is -2.34. The molecule has 8 heteroatoms. The Morgan fingerprint density at radius 2 is 2.26 bits per heavy atom. The van der Waals surface area contributed by atoms with E-state index < -0.39 is 0 Å². The second-order valence-corrected chi connectivity index (χ2v) is 4.10. The zero-order chi connectivity index (χ0) is 13.7. The summed E-state index contributed by atoms with van der Waals surface area (Å²) in [5.74, 6) is 0.885. The average molecular weight is 266 g/mol. The van der Waals surface area contributed by atoms with Crippen LogP contribution < -0.4 is 20.3 Å². The number of carbonyl (C=O) groups is 1. The minimum Gasteiger partial charge on any atom is -0.467 e. The van der Waals surface area contributed by atoms with Gasteiger partial charge in [0.25, 0.3) is 0 Å². The number of nitrogens with zero attached hydrogens (tertiary/aromatic N) is 4. The van der Waals surface area contributed by atoms with Crippen molar-refractivity contribution < 1.29 is 9.53 Å². The van der Waals surface area contributed by atoms with Crippen LogP contribution in [0.5, 0.6) is 6.01 Å². The molecule has 0 bridgehead atoms. The molecule has 1 amide bonds. The Hall–Kier alpha value is -2.12. The lowest BCUT2D eigenvalue weighted by atomic mass is 10.4. The van der Waals surface area contributed by atoms with Crippen molar-refractivity contribution in [1.29, 1.82) is 0 Å². The molecule has 0 radical (unpaired) electrons. The first-order valence-electron chi connectivity index (χ1n) is 6.28. The molecule has 0 spiro atoms. The molecule has 2 rings (SSSR count). The molecule has 2 N–H and O–H groups in total. The smallest absolute Gasteiger partial charge is 0.322 e. The summed E-state index contributed by atoms with van der Waals surface area (Å²) in [6.07, 6.45) is 0.857. The van der Waals surface area contributed by atoms with E-state index in [9.17, 15) is 4.79 Å². The fraction of sp³-hybridized carbons (Fsp3) is 0.636. The van der Waals surface area contributed by atoms with Gasteiger partial charge in [-0.1, -0.05) is 0 Å². The third-order valence-electron chi connectivity index (χ3n) is 2.66. The van der Waals surface area contributed by atoms with Crippen LogP contribution in [0.25, 0.3) is 0 Å². The molecule has 0 aliphatic carbocycles. The van der Waals surface area contributed by atoms with Crippen LogP contribution in [0.2, 0.25) is 0 Å². The van der Waals surface area contributed by atoms with E-state index >= 15 is 0 Å². The molecule has 1 fully saturated rings. The van der Waals surface area contributed by atoms with E-state index in [1.807, 2.05) is 11.8 Å². The molecule has 1 aromatic heterocycles. The van der Waals surface area contributed by atoms with Crippen LogP contribution in [0.15, 0.2) is 0 Å². The number of nitrogens with one attached hydrogen (secondary N) is 2. The third kappa shape index (κ3) is 3.43. The third-order valence-corrected chi connectivity index (χ3v) is 2.66. The van der Waals surface area contributed by atoms with Gasteiger partial charge in [-0.15, -0.1) is 0 Å². The first kappa shape index (κ1) is 13.3. The zero-order valence-electron chi connectivity index (χ0n) is 11.1. The van der Waals surface area contributed by atoms with Crippen molar-refractivity contribution in [2.45, 2.75) is 13.3 Å². The summed E-state index contributed by atoms with van der Waals surface area (Å²) in [6, 6.07) is 0.241. The van der Waals surface area contributed by atoms with Crippen molar-refractivity contribution in [2.24, 2.45) is 0 Å². The van der Waals surface area contributed by atoms with Crippen LogP contribution in [-0.2, 0) is 4.79 Å². The molecule has 0 atom stereocenters. The van der Waals surface area contributed by atoms with Crippen molar-refractivity contribution in [2.75, 3.05) is 43.5 Å². The van der Waals surface area contributed by atoms with Gasteiger partial charge in [0.15, 0.2) is 0 Å². The number of methoxy groups -OCH3 is 1. The molecule has 19 heavy (non-hydrogen) atoms. The monoisotopic (exact) mass is 266 g/mol. The first-order valence-corrected chi connectivity index (χ1v) is 6.28. The molecule has 1 saturated heterocycles. The minimum atomic E-state index is -0.0260. The molecular formula is C11H18N6O2. The maximum atomic E-state index is 11.6. The quantitative estimate of drug-likeness (QED) is 0.768. The van der Waals surface area contributed by atoms with Gasteiger partial charge in [-0.2, -0.15) is 15.0 Å². The maximum absolute atomic E-state index is 11.6. The van der Waals surface area contributed by atoms with Crippen molar-refractivity contribution in [3.63, 3.8) is 0 Å². The Kier molecular flexibility index (Phi) is 4.32. The molecule has 8 nitrogen and oxygen atoms in total. The van der Waals surface area contributed by atoms with E-state index in [1.165, 1.54) is 7.11 Å². The maximum Gasteiger partial charge on any atom is 0.322 e. The Morgan fingerprint density at radius 1 is 1.42 bits per heavy atom. The van der Waals surface area contributed by atoms with Crippen LogP contribution in [0.3, 0.4) is 0 Å². The standard InChI is InChI=1S/C11H18N6O2/c1-3-12-9-14-10(16-11(15-9)19-2)17-6-4-5-13-8(18)7-17/h3-7H2,1-2H3,(H,13,18)(H,12,14,15,16). The van der Waals surface area contributed by atoms with Gasteiger partial charge >= 0.3 is 6.01 Å². The topological polar surface area (TPSA) is 92.3 Å². The summed E-state index contributed by atoms with van der Waals surface area (Å²) in [5.41, 5.74) is 0. The van der Waals surface area contributed by atoms with Gasteiger partial charge in [-0.05, 0) is 13.3 Å². The predicted molar refractivity (Wildman–Crippen MR) is 70.4 cm³/mol. The molecule has 1 aromatic rings. The summed E-state index contributed by atoms with van der Waals surface area (Å²) in [6.45, 7) is 4.30. The number of ether oxygens (including phenoxy) is 1. The lowest BCUT2D eigenvalue weighted by molar-refractivity contribution is -0.119. The van der Waals surface area contributed by atoms with Crippen molar-refractivity contribution in [3.05, 3.63) is 0 Å². The summed E-state index contributed by atoms with van der Waals surface area (Å²) in [7, 11) is 1.50. The zero-order valence-corrected chi connectivity index (χ0v) is 11.1. The van der Waals surface area contributed by atoms with E-state index in [0.29, 0.717) is 25.0 Å². The Balaban J connectivity index is 2.25. The number of aromatic nitrogens is 3. The van der Waals surface area contributed by atoms with Gasteiger partial charge in [0.05, 0.1) is 13.7 Å². The van der Waals surface area contributed by atoms with Gasteiger partial charge in [0.2, 0.25) is 17.8 Å². The number of anilines is 2. The molecule has 0 saturated carbocycles. The first-order chi connectivity index (χ1) is 9.22. The van der Waals surface area contributed by atoms with E-state index in [4.69, 9.17) is 4.74 Å². The molecule has 104 valence electrons. The molecule has 0 aromatic carbocycles. The van der Waals surface area contributed by atoms with Crippen LogP contribution in [0, 0.1) is 0 Å². The van der Waals surface area contributed by atoms with Crippen LogP contribution in [0.1, 0.15) is 13.3 Å². The molecule has 0 unspecified atom stereocenters. The van der Waals surface area contributed by atoms with Crippen LogP contribution in [0.4, 0.5) is 11.9 Å². The Bertz CT molecular complexity index is 453. The van der Waals surface area contributed by atoms with Gasteiger partial charge < -0.3 is 20.3 Å². The highest BCUT2D eigenvalue weighted by Crippen LogP contribution is 2.15. The van der Waals surface area contributed by atoms with E-state index in [0.717, 1.165) is 13.0 Å². The van der Waals surface area contributed by atoms with E-state index in [1.54, 1.807) is 0 Å². The van der Waals surface area contributed by atoms with Crippen LogP contribution >= 0.6 is 0 Å². The second kappa shape index (κ2) is 6.17. The summed E-state index contributed by atoms with van der Waals surface area (Å²) in [5, 5.41) is 5.83. The second-order valence-electron chi connectivity index (χ2n) is 4.10. The highest BCUT2D eigenvalue weighted by molar-refractivity contribution is 5.81. The van der Waals surface area contributed by atoms with Crippen molar-refractivity contribution >= 4 is 17.8 Å². The summed E-state index contributed by atoms with van der Waals surface area (Å²) < 4.78 is 5.06. The fourth-order valence-electron chi connectivity index (χ4n) is 1.79. The number of hydrogen-bond acceptors (Lipinski definition) is 7. The molecule has 1 aliphatic heterocycles. The molecule has 2 heterocycles. The van der Waals surface area contributed by atoms with E-state index in [-0.39, 0.29) is 18.5 Å². The SMILES string of the molecule is CCNc1nc(OC)nc(N2CCCNC(=O)C2)n1. The largest absolute Gasteiger partial charge is 0.467 e. The summed E-state index contributed by atoms with van der Waals surface area (Å²) >= 11 is 0. The predicted octanol–water partition coefficient (Wildman–Crippen LogP) is -0.362. The van der Waals surface area contributed by atoms with Gasteiger partial charge in [0, 0.05) is 19.6 Å². The van der Waals surface area contributed by atoms with Gasteiger partial charge in [0.1, 0.15) is 0 Å². The van der Waals surface area contributed by atoms with Crippen LogP contribution in [-0.4, -0.2) is 54.1 Å². The number of rotatable bonds is 4. The van der Waals surface area contributed by atoms with Crippen molar-refractivity contribution in [1.82, 2.24) is 20.3 Å². The normalized spacial score (nSPS) is 15.7. The van der Waals surface area contributed by atoms with Gasteiger partial charge in [-0.3, -0.25) is 4.79 Å². The van der Waals surface area contributed by atoms with Gasteiger partial charge in [-0.25, -0.2) is 0 Å². The molecule has 1 aliphatic rings. The number of hydrogen-bond donors (Lipinski definition) is 2. The lowest BCUT2D eigenvalue weighted by Gasteiger charge is -2.19. The number of amides is 1. The average Bonchev–Trinajstić information content (AvgIpc) is 2.63. The summed E-state index contributed by atoms with van der Waals surface area (Å²) in [4.78, 5) is 26.0.